The van der Waals surface area contributed by atoms with Gasteiger partial charge in [-0.15, -0.1) is 0 Å². The minimum atomic E-state index is -0.636. The van der Waals surface area contributed by atoms with E-state index in [9.17, 15) is 14.4 Å². The number of amides is 1. The predicted molar refractivity (Wildman–Crippen MR) is 110 cm³/mol. The van der Waals surface area contributed by atoms with E-state index in [2.05, 4.69) is 26.5 Å². The number of hydrogen-bond acceptors (Lipinski definition) is 7. The number of anilines is 2. The van der Waals surface area contributed by atoms with Crippen LogP contribution in [0.15, 0.2) is 41.1 Å². The molecular formula is C21H22FN7O2. The van der Waals surface area contributed by atoms with Crippen molar-refractivity contribution in [3.05, 3.63) is 59.4 Å². The number of primary amides is 1. The quantitative estimate of drug-likeness (QED) is 0.624. The van der Waals surface area contributed by atoms with Gasteiger partial charge < -0.3 is 15.6 Å². The SMILES string of the molecule is Cc1cc(CN2CC[C@@H](n3cc(C(N)=O)c(Nc4ccc(F)cc4)n3)[C@@H](C#N)C2)no1. The highest BCUT2D eigenvalue weighted by Gasteiger charge is 2.32. The van der Waals surface area contributed by atoms with E-state index in [1.54, 1.807) is 23.0 Å². The Labute approximate surface area is 178 Å². The molecule has 4 rings (SSSR count). The number of aromatic nitrogens is 3. The van der Waals surface area contributed by atoms with E-state index >= 15 is 0 Å². The number of piperidine rings is 1. The van der Waals surface area contributed by atoms with Crippen molar-refractivity contribution in [2.24, 2.45) is 11.7 Å². The van der Waals surface area contributed by atoms with Crippen molar-refractivity contribution in [2.75, 3.05) is 18.4 Å². The topological polar surface area (TPSA) is 126 Å². The number of nitrogens with one attached hydrogen (secondary N) is 1. The van der Waals surface area contributed by atoms with Gasteiger partial charge in [-0.2, -0.15) is 10.4 Å². The molecule has 0 spiro atoms. The van der Waals surface area contributed by atoms with E-state index in [4.69, 9.17) is 10.3 Å². The van der Waals surface area contributed by atoms with Crippen LogP contribution in [-0.2, 0) is 6.54 Å². The highest BCUT2D eigenvalue weighted by atomic mass is 19.1. The average molecular weight is 423 g/mol. The summed E-state index contributed by atoms with van der Waals surface area (Å²) < 4.78 is 19.9. The van der Waals surface area contributed by atoms with Gasteiger partial charge in [-0.3, -0.25) is 14.4 Å². The lowest BCUT2D eigenvalue weighted by Crippen LogP contribution is -2.40. The number of nitriles is 1. The molecule has 0 saturated carbocycles. The molecule has 2 aromatic heterocycles. The predicted octanol–water partition coefficient (Wildman–Crippen LogP) is 2.75. The van der Waals surface area contributed by atoms with Gasteiger partial charge in [0.05, 0.1) is 23.7 Å². The maximum atomic E-state index is 13.2. The van der Waals surface area contributed by atoms with Crippen LogP contribution in [0, 0.1) is 30.0 Å². The molecule has 1 saturated heterocycles. The maximum Gasteiger partial charge on any atom is 0.254 e. The lowest BCUT2D eigenvalue weighted by molar-refractivity contribution is 0.100. The lowest BCUT2D eigenvalue weighted by atomic mass is 9.93. The average Bonchev–Trinajstić information content (AvgIpc) is 3.35. The number of benzene rings is 1. The first-order valence-electron chi connectivity index (χ1n) is 9.88. The van der Waals surface area contributed by atoms with Crippen LogP contribution in [0.2, 0.25) is 0 Å². The van der Waals surface area contributed by atoms with E-state index in [0.717, 1.165) is 18.0 Å². The molecule has 3 N–H and O–H groups in total. The van der Waals surface area contributed by atoms with Crippen LogP contribution in [-0.4, -0.2) is 38.8 Å². The zero-order valence-corrected chi connectivity index (χ0v) is 17.0. The van der Waals surface area contributed by atoms with E-state index in [1.165, 1.54) is 12.1 Å². The van der Waals surface area contributed by atoms with E-state index in [-0.39, 0.29) is 29.2 Å². The molecule has 31 heavy (non-hydrogen) atoms. The molecule has 10 heteroatoms. The molecule has 3 heterocycles. The van der Waals surface area contributed by atoms with Gasteiger partial charge in [-0.25, -0.2) is 4.39 Å². The number of carbonyl (C=O) groups is 1. The fourth-order valence-corrected chi connectivity index (χ4v) is 3.82. The van der Waals surface area contributed by atoms with E-state index < -0.39 is 5.91 Å². The third kappa shape index (κ3) is 4.57. The molecule has 9 nitrogen and oxygen atoms in total. The number of rotatable bonds is 6. The molecule has 3 aromatic rings. The second-order valence-corrected chi connectivity index (χ2v) is 7.62. The lowest BCUT2D eigenvalue weighted by Gasteiger charge is -2.34. The Kier molecular flexibility index (Phi) is 5.68. The summed E-state index contributed by atoms with van der Waals surface area (Å²) in [5.41, 5.74) is 7.14. The Bertz CT molecular complexity index is 1120. The number of hydrogen-bond donors (Lipinski definition) is 2. The summed E-state index contributed by atoms with van der Waals surface area (Å²) in [5.74, 6) is -0.311. The number of aryl methyl sites for hydroxylation is 1. The summed E-state index contributed by atoms with van der Waals surface area (Å²) >= 11 is 0. The fraction of sp³-hybridized carbons (Fsp3) is 0.333. The molecule has 1 fully saturated rings. The van der Waals surface area contributed by atoms with Gasteiger partial charge in [0.25, 0.3) is 5.91 Å². The van der Waals surface area contributed by atoms with Crippen molar-refractivity contribution in [3.8, 4) is 6.07 Å². The van der Waals surface area contributed by atoms with Crippen LogP contribution in [0.1, 0.15) is 34.3 Å². The molecular weight excluding hydrogens is 401 g/mol. The molecule has 1 amide bonds. The number of halogens is 1. The normalized spacial score (nSPS) is 19.1. The smallest absolute Gasteiger partial charge is 0.254 e. The second kappa shape index (κ2) is 8.57. The largest absolute Gasteiger partial charge is 0.365 e. The monoisotopic (exact) mass is 423 g/mol. The number of nitrogens with zero attached hydrogens (tertiary/aromatic N) is 5. The molecule has 0 bridgehead atoms. The summed E-state index contributed by atoms with van der Waals surface area (Å²) in [6.07, 6.45) is 2.24. The fourth-order valence-electron chi connectivity index (χ4n) is 3.82. The maximum absolute atomic E-state index is 13.2. The van der Waals surface area contributed by atoms with Crippen LogP contribution in [0.4, 0.5) is 15.9 Å². The molecule has 0 radical (unpaired) electrons. The minimum Gasteiger partial charge on any atom is -0.365 e. The molecule has 1 aliphatic heterocycles. The van der Waals surface area contributed by atoms with Crippen molar-refractivity contribution in [3.63, 3.8) is 0 Å². The molecule has 1 aliphatic rings. The summed E-state index contributed by atoms with van der Waals surface area (Å²) in [5, 5.41) is 21.3. The molecule has 160 valence electrons. The molecule has 1 aromatic carbocycles. The third-order valence-corrected chi connectivity index (χ3v) is 5.33. The first-order valence-corrected chi connectivity index (χ1v) is 9.88. The molecule has 0 aliphatic carbocycles. The summed E-state index contributed by atoms with van der Waals surface area (Å²) in [6, 6.07) is 9.74. The van der Waals surface area contributed by atoms with Gasteiger partial charge >= 0.3 is 0 Å². The second-order valence-electron chi connectivity index (χ2n) is 7.62. The van der Waals surface area contributed by atoms with Crippen molar-refractivity contribution in [1.82, 2.24) is 19.8 Å². The van der Waals surface area contributed by atoms with Crippen LogP contribution >= 0.6 is 0 Å². The molecule has 2 atom stereocenters. The Morgan fingerprint density at radius 3 is 2.84 bits per heavy atom. The van der Waals surface area contributed by atoms with Crippen molar-refractivity contribution in [1.29, 1.82) is 5.26 Å². The van der Waals surface area contributed by atoms with E-state index in [1.807, 2.05) is 13.0 Å². The third-order valence-electron chi connectivity index (χ3n) is 5.33. The van der Waals surface area contributed by atoms with Gasteiger partial charge in [0.2, 0.25) is 0 Å². The van der Waals surface area contributed by atoms with Gasteiger partial charge in [0.1, 0.15) is 17.1 Å². The Balaban J connectivity index is 1.52. The Hall–Kier alpha value is -3.71. The van der Waals surface area contributed by atoms with Crippen LogP contribution < -0.4 is 11.1 Å². The van der Waals surface area contributed by atoms with Gasteiger partial charge in [-0.05, 0) is 37.6 Å². The summed E-state index contributed by atoms with van der Waals surface area (Å²) in [7, 11) is 0. The highest BCUT2D eigenvalue weighted by Crippen LogP contribution is 2.31. The van der Waals surface area contributed by atoms with Crippen LogP contribution in [0.5, 0.6) is 0 Å². The first-order chi connectivity index (χ1) is 14.9. The van der Waals surface area contributed by atoms with Gasteiger partial charge in [0, 0.05) is 37.6 Å². The van der Waals surface area contributed by atoms with E-state index in [0.29, 0.717) is 25.2 Å². The van der Waals surface area contributed by atoms with Gasteiger partial charge in [-0.1, -0.05) is 5.16 Å². The summed E-state index contributed by atoms with van der Waals surface area (Å²) in [4.78, 5) is 14.1. The van der Waals surface area contributed by atoms with Gasteiger partial charge in [0.15, 0.2) is 5.82 Å². The summed E-state index contributed by atoms with van der Waals surface area (Å²) in [6.45, 7) is 3.72. The zero-order valence-electron chi connectivity index (χ0n) is 17.0. The Morgan fingerprint density at radius 1 is 1.42 bits per heavy atom. The van der Waals surface area contributed by atoms with Crippen molar-refractivity contribution >= 4 is 17.4 Å². The number of carbonyl (C=O) groups excluding carboxylic acids is 1. The Morgan fingerprint density at radius 2 is 2.19 bits per heavy atom. The highest BCUT2D eigenvalue weighted by molar-refractivity contribution is 5.98. The van der Waals surface area contributed by atoms with Crippen LogP contribution in [0.3, 0.4) is 0 Å². The number of nitrogens with two attached hydrogens (primary N) is 1. The first kappa shape index (κ1) is 20.6. The van der Waals surface area contributed by atoms with Crippen molar-refractivity contribution < 1.29 is 13.7 Å². The zero-order chi connectivity index (χ0) is 22.0. The standard InChI is InChI=1S/C21H22FN7O2/c1-13-8-17(27-31-13)11-28-7-6-19(14(9-23)10-28)29-12-18(20(24)30)21(26-29)25-16-4-2-15(22)3-5-16/h2-5,8,12,14,19H,6-7,10-11H2,1H3,(H2,24,30)(H,25,26)/t14-,19+/m0/s1. The molecule has 0 unspecified atom stereocenters. The van der Waals surface area contributed by atoms with Crippen LogP contribution in [0.25, 0.3) is 0 Å². The van der Waals surface area contributed by atoms with Crippen molar-refractivity contribution in [2.45, 2.75) is 25.9 Å². The minimum absolute atomic E-state index is 0.206. The number of likely N-dealkylation sites (tertiary alicyclic amines) is 1.